The Balaban J connectivity index is 2.15. The summed E-state index contributed by atoms with van der Waals surface area (Å²) in [5.74, 6) is 0.798. The predicted molar refractivity (Wildman–Crippen MR) is 92.0 cm³/mol. The minimum Gasteiger partial charge on any atom is -0.327 e. The summed E-state index contributed by atoms with van der Waals surface area (Å²) in [7, 11) is 1.98. The van der Waals surface area contributed by atoms with Crippen molar-refractivity contribution in [2.24, 2.45) is 7.05 Å². The standard InChI is InChI=1S/C16H15N5OS/c1-9-8-12(22)18-15-13(16(23-3)19-21(9)15)14-17-10-6-4-5-7-11(10)20(14)2/h4-8H,1-3H3,(H,18,22). The number of aryl methyl sites for hydroxylation is 2. The number of benzene rings is 1. The normalized spacial score (nSPS) is 11.6. The van der Waals surface area contributed by atoms with Gasteiger partial charge in [0.2, 0.25) is 0 Å². The molecule has 0 atom stereocenters. The predicted octanol–water partition coefficient (Wildman–Crippen LogP) is 2.61. The maximum atomic E-state index is 11.9. The van der Waals surface area contributed by atoms with Crippen LogP contribution < -0.4 is 5.56 Å². The van der Waals surface area contributed by atoms with Crippen molar-refractivity contribution >= 4 is 28.4 Å². The number of hydrogen-bond donors (Lipinski definition) is 1. The van der Waals surface area contributed by atoms with E-state index < -0.39 is 0 Å². The zero-order valence-electron chi connectivity index (χ0n) is 13.0. The van der Waals surface area contributed by atoms with E-state index in [-0.39, 0.29) is 5.56 Å². The third kappa shape index (κ3) is 2.00. The number of aromatic nitrogens is 5. The molecular weight excluding hydrogens is 310 g/mol. The van der Waals surface area contributed by atoms with Crippen molar-refractivity contribution in [3.8, 4) is 11.4 Å². The molecule has 0 radical (unpaired) electrons. The first-order valence-corrected chi connectivity index (χ1v) is 8.41. The Labute approximate surface area is 136 Å². The average molecular weight is 325 g/mol. The van der Waals surface area contributed by atoms with Gasteiger partial charge in [0.05, 0.1) is 16.6 Å². The van der Waals surface area contributed by atoms with Gasteiger partial charge in [-0.05, 0) is 25.3 Å². The lowest BCUT2D eigenvalue weighted by atomic mass is 10.3. The molecule has 1 aromatic carbocycles. The Kier molecular flexibility index (Phi) is 3.05. The highest BCUT2D eigenvalue weighted by atomic mass is 32.2. The van der Waals surface area contributed by atoms with Crippen LogP contribution in [0.25, 0.3) is 28.1 Å². The minimum absolute atomic E-state index is 0.137. The number of fused-ring (bicyclic) bond motifs is 2. The molecule has 0 amide bonds. The summed E-state index contributed by atoms with van der Waals surface area (Å²) < 4.78 is 3.80. The van der Waals surface area contributed by atoms with Gasteiger partial charge in [-0.15, -0.1) is 11.8 Å². The van der Waals surface area contributed by atoms with E-state index in [1.165, 1.54) is 0 Å². The Hall–Kier alpha value is -2.54. The van der Waals surface area contributed by atoms with Crippen molar-refractivity contribution < 1.29 is 0 Å². The van der Waals surface area contributed by atoms with E-state index in [4.69, 9.17) is 4.98 Å². The molecule has 0 aliphatic heterocycles. The van der Waals surface area contributed by atoms with Gasteiger partial charge in [0, 0.05) is 18.8 Å². The number of nitrogens with one attached hydrogen (secondary N) is 1. The first-order chi connectivity index (χ1) is 11.1. The molecular formula is C16H15N5OS. The minimum atomic E-state index is -0.137. The van der Waals surface area contributed by atoms with Crippen LogP contribution in [0.2, 0.25) is 0 Å². The maximum Gasteiger partial charge on any atom is 0.251 e. The lowest BCUT2D eigenvalue weighted by Crippen LogP contribution is -2.10. The van der Waals surface area contributed by atoms with E-state index in [2.05, 4.69) is 10.1 Å². The Morgan fingerprint density at radius 3 is 2.78 bits per heavy atom. The van der Waals surface area contributed by atoms with Gasteiger partial charge in [-0.1, -0.05) is 12.1 Å². The number of hydrogen-bond acceptors (Lipinski definition) is 4. The molecule has 1 N–H and O–H groups in total. The highest BCUT2D eigenvalue weighted by Crippen LogP contribution is 2.33. The first-order valence-electron chi connectivity index (χ1n) is 7.18. The van der Waals surface area contributed by atoms with Gasteiger partial charge in [0.15, 0.2) is 0 Å². The number of imidazole rings is 1. The summed E-state index contributed by atoms with van der Waals surface area (Å²) in [6, 6.07) is 9.52. The van der Waals surface area contributed by atoms with E-state index in [1.807, 2.05) is 49.1 Å². The van der Waals surface area contributed by atoms with Crippen molar-refractivity contribution in [2.75, 3.05) is 6.26 Å². The second kappa shape index (κ2) is 4.99. The highest BCUT2D eigenvalue weighted by Gasteiger charge is 2.21. The summed E-state index contributed by atoms with van der Waals surface area (Å²) in [5, 5.41) is 5.46. The summed E-state index contributed by atoms with van der Waals surface area (Å²) in [5.41, 5.74) is 4.16. The van der Waals surface area contributed by atoms with Crippen LogP contribution in [0, 0.1) is 6.92 Å². The van der Waals surface area contributed by atoms with E-state index in [1.54, 1.807) is 22.3 Å². The van der Waals surface area contributed by atoms with Gasteiger partial charge in [0.1, 0.15) is 16.5 Å². The number of aromatic amines is 1. The molecule has 0 unspecified atom stereocenters. The number of nitrogens with zero attached hydrogens (tertiary/aromatic N) is 4. The average Bonchev–Trinajstić information content (AvgIpc) is 3.05. The smallest absolute Gasteiger partial charge is 0.251 e. The van der Waals surface area contributed by atoms with Crippen LogP contribution in [-0.2, 0) is 7.05 Å². The Morgan fingerprint density at radius 2 is 2.04 bits per heavy atom. The summed E-state index contributed by atoms with van der Waals surface area (Å²) >= 11 is 1.54. The molecule has 0 spiro atoms. The lowest BCUT2D eigenvalue weighted by molar-refractivity contribution is 0.848. The molecule has 0 aliphatic carbocycles. The molecule has 116 valence electrons. The van der Waals surface area contributed by atoms with Crippen LogP contribution in [0.5, 0.6) is 0 Å². The van der Waals surface area contributed by atoms with Crippen molar-refractivity contribution in [1.82, 2.24) is 24.1 Å². The summed E-state index contributed by atoms with van der Waals surface area (Å²) in [6.07, 6.45) is 1.97. The molecule has 4 aromatic rings. The number of rotatable bonds is 2. The molecule has 0 saturated heterocycles. The monoisotopic (exact) mass is 325 g/mol. The first kappa shape index (κ1) is 14.1. The fourth-order valence-corrected chi connectivity index (χ4v) is 3.44. The van der Waals surface area contributed by atoms with Gasteiger partial charge in [-0.25, -0.2) is 9.50 Å². The van der Waals surface area contributed by atoms with Gasteiger partial charge in [-0.3, -0.25) is 4.79 Å². The zero-order valence-corrected chi connectivity index (χ0v) is 13.8. The Bertz CT molecular complexity index is 1110. The molecule has 0 saturated carbocycles. The number of para-hydroxylation sites is 2. The molecule has 0 aliphatic rings. The lowest BCUT2D eigenvalue weighted by Gasteiger charge is -2.03. The number of H-pyrrole nitrogens is 1. The van der Waals surface area contributed by atoms with Crippen LogP contribution >= 0.6 is 11.8 Å². The van der Waals surface area contributed by atoms with Crippen LogP contribution in [-0.4, -0.2) is 30.4 Å². The number of thioether (sulfide) groups is 1. The highest BCUT2D eigenvalue weighted by molar-refractivity contribution is 7.98. The third-order valence-electron chi connectivity index (χ3n) is 3.97. The molecule has 0 bridgehead atoms. The fraction of sp³-hybridized carbons (Fsp3) is 0.188. The van der Waals surface area contributed by atoms with Gasteiger partial charge < -0.3 is 9.55 Å². The molecule has 23 heavy (non-hydrogen) atoms. The second-order valence-corrected chi connectivity index (χ2v) is 6.20. The van der Waals surface area contributed by atoms with Crippen LogP contribution in [0.4, 0.5) is 0 Å². The van der Waals surface area contributed by atoms with E-state index in [0.29, 0.717) is 5.65 Å². The van der Waals surface area contributed by atoms with E-state index >= 15 is 0 Å². The molecule has 7 heteroatoms. The van der Waals surface area contributed by atoms with Crippen LogP contribution in [0.1, 0.15) is 5.69 Å². The van der Waals surface area contributed by atoms with Crippen molar-refractivity contribution in [3.63, 3.8) is 0 Å². The topological polar surface area (TPSA) is 68.0 Å². The van der Waals surface area contributed by atoms with Crippen molar-refractivity contribution in [2.45, 2.75) is 11.9 Å². The van der Waals surface area contributed by atoms with Crippen molar-refractivity contribution in [3.05, 3.63) is 46.4 Å². The van der Waals surface area contributed by atoms with Crippen molar-refractivity contribution in [1.29, 1.82) is 0 Å². The van der Waals surface area contributed by atoms with Crippen LogP contribution in [0.15, 0.2) is 40.2 Å². The zero-order chi connectivity index (χ0) is 16.1. The van der Waals surface area contributed by atoms with Crippen LogP contribution in [0.3, 0.4) is 0 Å². The SMILES string of the molecule is CSc1nn2c(C)cc(=O)[nH]c2c1-c1nc2ccccc2n1C. The largest absolute Gasteiger partial charge is 0.327 e. The quantitative estimate of drug-likeness (QED) is 0.575. The molecule has 3 aromatic heterocycles. The molecule has 0 fully saturated rings. The third-order valence-corrected chi connectivity index (χ3v) is 4.65. The second-order valence-electron chi connectivity index (χ2n) is 5.40. The van der Waals surface area contributed by atoms with E-state index in [9.17, 15) is 4.79 Å². The summed E-state index contributed by atoms with van der Waals surface area (Å²) in [6.45, 7) is 1.87. The summed E-state index contributed by atoms with van der Waals surface area (Å²) in [4.78, 5) is 19.6. The Morgan fingerprint density at radius 1 is 1.26 bits per heavy atom. The fourth-order valence-electron chi connectivity index (χ4n) is 2.89. The van der Waals surface area contributed by atoms with E-state index in [0.717, 1.165) is 33.1 Å². The maximum absolute atomic E-state index is 11.9. The molecule has 6 nitrogen and oxygen atoms in total. The van der Waals surface area contributed by atoms with Gasteiger partial charge in [-0.2, -0.15) is 5.10 Å². The van der Waals surface area contributed by atoms with Gasteiger partial charge >= 0.3 is 0 Å². The molecule has 3 heterocycles. The molecule has 4 rings (SSSR count). The van der Waals surface area contributed by atoms with Gasteiger partial charge in [0.25, 0.3) is 5.56 Å².